The smallest absolute Gasteiger partial charge is 0.191 e. The van der Waals surface area contributed by atoms with Crippen molar-refractivity contribution in [1.82, 2.24) is 10.6 Å². The van der Waals surface area contributed by atoms with E-state index in [0.717, 1.165) is 32.1 Å². The van der Waals surface area contributed by atoms with Gasteiger partial charge in [-0.05, 0) is 36.0 Å². The average Bonchev–Trinajstić information content (AvgIpc) is 3.26. The third kappa shape index (κ3) is 3.64. The van der Waals surface area contributed by atoms with Crippen LogP contribution in [0.5, 0.6) is 0 Å². The molecule has 1 aromatic carbocycles. The summed E-state index contributed by atoms with van der Waals surface area (Å²) in [6, 6.07) is 6.95. The molecule has 3 aliphatic rings. The quantitative estimate of drug-likeness (QED) is 0.440. The first-order chi connectivity index (χ1) is 10.8. The van der Waals surface area contributed by atoms with Gasteiger partial charge < -0.3 is 20.1 Å². The van der Waals surface area contributed by atoms with E-state index in [0.29, 0.717) is 18.2 Å². The number of guanidine groups is 1. The van der Waals surface area contributed by atoms with Gasteiger partial charge in [-0.15, -0.1) is 24.0 Å². The molecule has 3 unspecified atom stereocenters. The number of ether oxygens (including phenoxy) is 2. The van der Waals surface area contributed by atoms with Crippen LogP contribution in [0.15, 0.2) is 23.2 Å². The molecule has 1 aromatic rings. The van der Waals surface area contributed by atoms with Crippen LogP contribution in [0.2, 0.25) is 0 Å². The number of benzene rings is 1. The molecular formula is C17H24IN3O2. The highest BCUT2D eigenvalue weighted by atomic mass is 127. The minimum atomic E-state index is 0. The zero-order valence-electron chi connectivity index (χ0n) is 13.4. The molecule has 0 amide bonds. The van der Waals surface area contributed by atoms with E-state index in [1.807, 2.05) is 7.05 Å². The normalized spacial score (nSPS) is 28.4. The van der Waals surface area contributed by atoms with Crippen molar-refractivity contribution in [2.45, 2.75) is 57.3 Å². The van der Waals surface area contributed by atoms with E-state index in [2.05, 4.69) is 33.8 Å². The number of hydrogen-bond acceptors (Lipinski definition) is 3. The first-order valence-corrected chi connectivity index (χ1v) is 8.13. The lowest BCUT2D eigenvalue weighted by atomic mass is 9.96. The summed E-state index contributed by atoms with van der Waals surface area (Å²) in [5.74, 6) is 0.859. The van der Waals surface area contributed by atoms with Crippen LogP contribution >= 0.6 is 24.0 Å². The Morgan fingerprint density at radius 2 is 2.13 bits per heavy atom. The fraction of sp³-hybridized carbons (Fsp3) is 0.588. The lowest BCUT2D eigenvalue weighted by Crippen LogP contribution is -2.47. The van der Waals surface area contributed by atoms with Gasteiger partial charge in [-0.1, -0.05) is 18.2 Å². The Balaban J connectivity index is 0.00000156. The monoisotopic (exact) mass is 429 g/mol. The third-order valence-electron chi connectivity index (χ3n) is 4.90. The van der Waals surface area contributed by atoms with Crippen LogP contribution in [-0.4, -0.2) is 31.3 Å². The number of fused-ring (bicyclic) bond motifs is 3. The first kappa shape index (κ1) is 17.0. The van der Waals surface area contributed by atoms with Crippen molar-refractivity contribution < 1.29 is 9.47 Å². The van der Waals surface area contributed by atoms with E-state index < -0.39 is 0 Å². The van der Waals surface area contributed by atoms with E-state index in [4.69, 9.17) is 9.47 Å². The van der Waals surface area contributed by atoms with E-state index >= 15 is 0 Å². The number of nitrogens with zero attached hydrogens (tertiary/aromatic N) is 1. The molecule has 4 rings (SSSR count). The number of rotatable bonds is 3. The summed E-state index contributed by atoms with van der Waals surface area (Å²) in [4.78, 5) is 4.34. The van der Waals surface area contributed by atoms with Crippen molar-refractivity contribution in [3.63, 3.8) is 0 Å². The lowest BCUT2D eigenvalue weighted by molar-refractivity contribution is 0.0992. The molecule has 0 radical (unpaired) electrons. The molecule has 23 heavy (non-hydrogen) atoms. The molecule has 126 valence electrons. The van der Waals surface area contributed by atoms with Gasteiger partial charge in [0.05, 0.1) is 31.5 Å². The number of nitrogens with one attached hydrogen (secondary N) is 2. The maximum atomic E-state index is 5.88. The molecule has 0 aliphatic carbocycles. The summed E-state index contributed by atoms with van der Waals surface area (Å²) in [5, 5.41) is 6.91. The van der Waals surface area contributed by atoms with Crippen LogP contribution in [0.3, 0.4) is 0 Å². The van der Waals surface area contributed by atoms with Crippen LogP contribution in [0, 0.1) is 0 Å². The van der Waals surface area contributed by atoms with Gasteiger partial charge in [0.2, 0.25) is 0 Å². The van der Waals surface area contributed by atoms with Crippen LogP contribution < -0.4 is 10.6 Å². The van der Waals surface area contributed by atoms with Crippen molar-refractivity contribution >= 4 is 29.9 Å². The van der Waals surface area contributed by atoms with Gasteiger partial charge >= 0.3 is 0 Å². The zero-order chi connectivity index (χ0) is 14.9. The van der Waals surface area contributed by atoms with Gasteiger partial charge in [-0.25, -0.2) is 0 Å². The second-order valence-corrected chi connectivity index (χ2v) is 6.38. The molecule has 3 heterocycles. The minimum Gasteiger partial charge on any atom is -0.373 e. The van der Waals surface area contributed by atoms with Gasteiger partial charge in [-0.3, -0.25) is 4.99 Å². The summed E-state index contributed by atoms with van der Waals surface area (Å²) in [5.41, 5.74) is 3.88. The van der Waals surface area contributed by atoms with Crippen LogP contribution in [0.25, 0.3) is 0 Å². The Morgan fingerprint density at radius 3 is 2.87 bits per heavy atom. The predicted molar refractivity (Wildman–Crippen MR) is 100.0 cm³/mol. The summed E-state index contributed by atoms with van der Waals surface area (Å²) >= 11 is 0. The first-order valence-electron chi connectivity index (χ1n) is 8.13. The van der Waals surface area contributed by atoms with E-state index in [1.54, 1.807) is 0 Å². The molecule has 0 saturated carbocycles. The highest BCUT2D eigenvalue weighted by Crippen LogP contribution is 2.34. The molecule has 3 aliphatic heterocycles. The van der Waals surface area contributed by atoms with Crippen LogP contribution in [0.1, 0.15) is 36.0 Å². The number of aliphatic imine (C=N–C) groups is 1. The Labute approximate surface area is 154 Å². The average molecular weight is 429 g/mol. The van der Waals surface area contributed by atoms with Crippen molar-refractivity contribution in [3.8, 4) is 0 Å². The number of halogens is 1. The Hall–Kier alpha value is -0.860. The molecule has 0 aromatic heterocycles. The lowest BCUT2D eigenvalue weighted by Gasteiger charge is -2.22. The summed E-state index contributed by atoms with van der Waals surface area (Å²) < 4.78 is 11.3. The minimum absolute atomic E-state index is 0. The third-order valence-corrected chi connectivity index (χ3v) is 4.90. The van der Waals surface area contributed by atoms with Crippen molar-refractivity contribution in [1.29, 1.82) is 0 Å². The molecule has 2 saturated heterocycles. The molecule has 6 heteroatoms. The molecular weight excluding hydrogens is 405 g/mol. The van der Waals surface area contributed by atoms with Gasteiger partial charge in [0, 0.05) is 13.6 Å². The van der Waals surface area contributed by atoms with Gasteiger partial charge in [0.1, 0.15) is 0 Å². The Kier molecular flexibility index (Phi) is 5.43. The van der Waals surface area contributed by atoms with Crippen LogP contribution in [-0.2, 0) is 29.2 Å². The molecule has 0 spiro atoms. The van der Waals surface area contributed by atoms with Gasteiger partial charge in [0.15, 0.2) is 5.96 Å². The standard InChI is InChI=1S/C17H23N3O2.HI/c1-18-17(20-15-7-14-4-5-16(15)22-14)19-8-11-2-3-12-9-21-10-13(12)6-11;/h2-3,6,14-16H,4-5,7-10H2,1H3,(H2,18,19,20);1H. The van der Waals surface area contributed by atoms with Crippen LogP contribution in [0.4, 0.5) is 0 Å². The molecule has 2 bridgehead atoms. The number of hydrogen-bond donors (Lipinski definition) is 2. The van der Waals surface area contributed by atoms with Crippen molar-refractivity contribution in [3.05, 3.63) is 34.9 Å². The maximum absolute atomic E-state index is 5.88. The van der Waals surface area contributed by atoms with Crippen molar-refractivity contribution in [2.75, 3.05) is 7.05 Å². The van der Waals surface area contributed by atoms with Gasteiger partial charge in [0.25, 0.3) is 0 Å². The zero-order valence-corrected chi connectivity index (χ0v) is 15.7. The topological polar surface area (TPSA) is 54.9 Å². The largest absolute Gasteiger partial charge is 0.373 e. The highest BCUT2D eigenvalue weighted by molar-refractivity contribution is 14.0. The second kappa shape index (κ2) is 7.36. The summed E-state index contributed by atoms with van der Waals surface area (Å²) in [6.45, 7) is 2.25. The molecule has 2 N–H and O–H groups in total. The Morgan fingerprint density at radius 1 is 1.26 bits per heavy atom. The van der Waals surface area contributed by atoms with E-state index in [9.17, 15) is 0 Å². The van der Waals surface area contributed by atoms with Gasteiger partial charge in [-0.2, -0.15) is 0 Å². The SMILES string of the molecule is CN=C(NCc1ccc2c(c1)COC2)NC1CC2CCC1O2.I. The maximum Gasteiger partial charge on any atom is 0.191 e. The fourth-order valence-corrected chi connectivity index (χ4v) is 3.68. The Bertz CT molecular complexity index is 593. The highest BCUT2D eigenvalue weighted by Gasteiger charge is 2.41. The van der Waals surface area contributed by atoms with E-state index in [-0.39, 0.29) is 24.0 Å². The fourth-order valence-electron chi connectivity index (χ4n) is 3.68. The molecule has 2 fully saturated rings. The summed E-state index contributed by atoms with van der Waals surface area (Å²) in [6.07, 6.45) is 4.30. The summed E-state index contributed by atoms with van der Waals surface area (Å²) in [7, 11) is 1.82. The van der Waals surface area contributed by atoms with Crippen molar-refractivity contribution in [2.24, 2.45) is 4.99 Å². The molecule has 3 atom stereocenters. The van der Waals surface area contributed by atoms with E-state index in [1.165, 1.54) is 29.5 Å². The molecule has 5 nitrogen and oxygen atoms in total. The second-order valence-electron chi connectivity index (χ2n) is 6.38. The predicted octanol–water partition coefficient (Wildman–Crippen LogP) is 2.32.